The van der Waals surface area contributed by atoms with E-state index in [9.17, 15) is 19.5 Å². The molecule has 2 N–H and O–H groups in total. The molecule has 2 amide bonds. The Morgan fingerprint density at radius 3 is 2.19 bits per heavy atom. The largest absolute Gasteiger partial charge is 0.478 e. The Kier molecular flexibility index (Phi) is 9.46. The summed E-state index contributed by atoms with van der Waals surface area (Å²) in [6.45, 7) is 15.3. The van der Waals surface area contributed by atoms with Gasteiger partial charge in [-0.1, -0.05) is 71.0 Å². The molecule has 0 saturated carbocycles. The minimum Gasteiger partial charge on any atom is -0.478 e. The number of hydrogen-bond donors (Lipinski definition) is 2. The van der Waals surface area contributed by atoms with E-state index >= 15 is 0 Å². The van der Waals surface area contributed by atoms with E-state index in [4.69, 9.17) is 0 Å². The summed E-state index contributed by atoms with van der Waals surface area (Å²) in [6.07, 6.45) is 1.61. The second kappa shape index (κ2) is 11.4. The number of carboxylic acids is 1. The van der Waals surface area contributed by atoms with E-state index in [2.05, 4.69) is 36.2 Å². The van der Waals surface area contributed by atoms with Crippen LogP contribution in [0, 0.1) is 11.3 Å². The van der Waals surface area contributed by atoms with Gasteiger partial charge in [0.15, 0.2) is 0 Å². The molecule has 0 spiro atoms. The fraction of sp³-hybridized carbons (Fsp3) is 0.607. The third-order valence-electron chi connectivity index (χ3n) is 6.82. The lowest BCUT2D eigenvalue weighted by atomic mass is 9.84. The van der Waals surface area contributed by atoms with Crippen molar-refractivity contribution in [2.45, 2.75) is 83.6 Å². The number of aliphatic carboxylic acids is 1. The third-order valence-corrected chi connectivity index (χ3v) is 8.48. The molecule has 0 aliphatic carbocycles. The van der Waals surface area contributed by atoms with Crippen molar-refractivity contribution in [2.24, 2.45) is 11.3 Å². The molecule has 0 unspecified atom stereocenters. The maximum Gasteiger partial charge on any atom is 0.331 e. The Bertz CT molecular complexity index is 984. The molecule has 1 aromatic rings. The van der Waals surface area contributed by atoms with Gasteiger partial charge >= 0.3 is 5.97 Å². The molecule has 0 bridgehead atoms. The highest BCUT2D eigenvalue weighted by atomic mass is 32.2. The monoisotopic (exact) mass is 517 g/mol. The lowest BCUT2D eigenvalue weighted by Crippen LogP contribution is -2.60. The number of carbonyl (C=O) groups excluding carboxylic acids is 2. The van der Waals surface area contributed by atoms with Crippen molar-refractivity contribution in [3.05, 3.63) is 47.5 Å². The maximum absolute atomic E-state index is 13.8. The van der Waals surface area contributed by atoms with Crippen LogP contribution in [0.25, 0.3) is 0 Å². The summed E-state index contributed by atoms with van der Waals surface area (Å²) in [5.41, 5.74) is 0.765. The first-order chi connectivity index (χ1) is 16.5. The van der Waals surface area contributed by atoms with Crippen molar-refractivity contribution in [1.29, 1.82) is 0 Å². The summed E-state index contributed by atoms with van der Waals surface area (Å²) in [5, 5.41) is 12.5. The van der Waals surface area contributed by atoms with Crippen molar-refractivity contribution in [3.63, 3.8) is 0 Å². The van der Waals surface area contributed by atoms with Gasteiger partial charge in [0.2, 0.25) is 11.8 Å². The van der Waals surface area contributed by atoms with Crippen LogP contribution >= 0.6 is 11.8 Å². The summed E-state index contributed by atoms with van der Waals surface area (Å²) in [6, 6.07) is 8.48. The van der Waals surface area contributed by atoms with E-state index in [0.29, 0.717) is 0 Å². The maximum atomic E-state index is 13.8. The molecule has 1 aliphatic heterocycles. The molecule has 8 heteroatoms. The lowest BCUT2D eigenvalue weighted by molar-refractivity contribution is -0.141. The van der Waals surface area contributed by atoms with Crippen LogP contribution in [0.3, 0.4) is 0 Å². The highest BCUT2D eigenvalue weighted by Crippen LogP contribution is 2.51. The van der Waals surface area contributed by atoms with Crippen molar-refractivity contribution in [3.8, 4) is 0 Å². The number of rotatable bonds is 8. The molecule has 1 aliphatic rings. The zero-order valence-electron chi connectivity index (χ0n) is 23.3. The second-order valence-corrected chi connectivity index (χ2v) is 13.4. The van der Waals surface area contributed by atoms with Gasteiger partial charge in [-0.25, -0.2) is 4.79 Å². The standard InChI is InChI=1S/C28H43N3O4S/c1-17(2)20(16-18(3)26(34)35)30(9)24(33)21(27(4,5)6)29-23(32)22-28(7,8)36-25(31(22)10)19-14-12-11-13-15-19/h11-17,20-22,25H,1-10H3,(H,29,32)(H,34,35)/t20-,21-,22-,25+/m1/s1. The predicted octanol–water partition coefficient (Wildman–Crippen LogP) is 4.56. The number of nitrogens with one attached hydrogen (secondary N) is 1. The average Bonchev–Trinajstić information content (AvgIpc) is 3.02. The number of carboxylic acid groups (broad SMARTS) is 1. The Balaban J connectivity index is 2.34. The average molecular weight is 518 g/mol. The minimum absolute atomic E-state index is 0.00695. The fourth-order valence-electron chi connectivity index (χ4n) is 4.78. The zero-order valence-corrected chi connectivity index (χ0v) is 24.1. The van der Waals surface area contributed by atoms with Gasteiger partial charge in [-0.2, -0.15) is 0 Å². The van der Waals surface area contributed by atoms with Crippen LogP contribution in [0.1, 0.15) is 66.3 Å². The van der Waals surface area contributed by atoms with Crippen molar-refractivity contribution in [2.75, 3.05) is 14.1 Å². The first kappa shape index (κ1) is 29.9. The number of hydrogen-bond acceptors (Lipinski definition) is 5. The molecule has 4 atom stereocenters. The topological polar surface area (TPSA) is 90.0 Å². The molecular weight excluding hydrogens is 474 g/mol. The fourth-order valence-corrected chi connectivity index (χ4v) is 6.34. The van der Waals surface area contributed by atoms with E-state index in [1.807, 2.05) is 59.9 Å². The highest BCUT2D eigenvalue weighted by Gasteiger charge is 2.51. The van der Waals surface area contributed by atoms with Gasteiger partial charge in [0.05, 0.1) is 11.4 Å². The number of benzene rings is 1. The molecule has 1 fully saturated rings. The third kappa shape index (κ3) is 6.71. The van der Waals surface area contributed by atoms with Crippen LogP contribution in [0.4, 0.5) is 0 Å². The van der Waals surface area contributed by atoms with Crippen molar-refractivity contribution >= 4 is 29.5 Å². The van der Waals surface area contributed by atoms with E-state index in [0.717, 1.165) is 5.56 Å². The van der Waals surface area contributed by atoms with Gasteiger partial charge in [-0.3, -0.25) is 14.5 Å². The molecule has 1 aromatic carbocycles. The van der Waals surface area contributed by atoms with Gasteiger partial charge in [0.1, 0.15) is 12.1 Å². The van der Waals surface area contributed by atoms with Crippen molar-refractivity contribution in [1.82, 2.24) is 15.1 Å². The van der Waals surface area contributed by atoms with Crippen molar-refractivity contribution < 1.29 is 19.5 Å². The summed E-state index contributed by atoms with van der Waals surface area (Å²) in [7, 11) is 3.63. The van der Waals surface area contributed by atoms with Crippen LogP contribution in [0.2, 0.25) is 0 Å². The molecule has 200 valence electrons. The number of likely N-dealkylation sites (N-methyl/N-ethyl adjacent to an activating group) is 2. The summed E-state index contributed by atoms with van der Waals surface area (Å²) < 4.78 is -0.376. The van der Waals surface area contributed by atoms with Gasteiger partial charge in [0.25, 0.3) is 0 Å². The van der Waals surface area contributed by atoms with Gasteiger partial charge in [0, 0.05) is 17.4 Å². The smallest absolute Gasteiger partial charge is 0.331 e. The van der Waals surface area contributed by atoms with E-state index in [-0.39, 0.29) is 33.4 Å². The lowest BCUT2D eigenvalue weighted by Gasteiger charge is -2.39. The molecule has 1 heterocycles. The molecule has 0 radical (unpaired) electrons. The van der Waals surface area contributed by atoms with Crippen LogP contribution in [0.5, 0.6) is 0 Å². The minimum atomic E-state index is -1.01. The number of amides is 2. The predicted molar refractivity (Wildman–Crippen MR) is 147 cm³/mol. The van der Waals surface area contributed by atoms with E-state index in [1.165, 1.54) is 6.92 Å². The number of nitrogens with zero attached hydrogens (tertiary/aromatic N) is 2. The summed E-state index contributed by atoms with van der Waals surface area (Å²) in [5.74, 6) is -1.45. The number of carbonyl (C=O) groups is 3. The molecule has 2 rings (SSSR count). The molecule has 1 saturated heterocycles. The SMILES string of the molecule is CC(=C[C@H](C(C)C)N(C)C(=O)[C@@H](NC(=O)[C@H]1N(C)[C@H](c2ccccc2)SC1(C)C)C(C)(C)C)C(=O)O. The van der Waals surface area contributed by atoms with E-state index < -0.39 is 29.5 Å². The van der Waals surface area contributed by atoms with Crippen LogP contribution in [-0.2, 0) is 14.4 Å². The first-order valence-electron chi connectivity index (χ1n) is 12.4. The van der Waals surface area contributed by atoms with Crippen LogP contribution in [-0.4, -0.2) is 69.7 Å². The highest BCUT2D eigenvalue weighted by molar-refractivity contribution is 8.01. The van der Waals surface area contributed by atoms with Gasteiger partial charge in [-0.15, -0.1) is 11.8 Å². The molecule has 0 aromatic heterocycles. The van der Waals surface area contributed by atoms with Crippen LogP contribution < -0.4 is 5.32 Å². The molecule has 36 heavy (non-hydrogen) atoms. The van der Waals surface area contributed by atoms with Crippen LogP contribution in [0.15, 0.2) is 42.0 Å². The molecular formula is C28H43N3O4S. The molecule has 7 nitrogen and oxygen atoms in total. The Morgan fingerprint density at radius 1 is 1.17 bits per heavy atom. The van der Waals surface area contributed by atoms with Gasteiger partial charge < -0.3 is 15.3 Å². The normalized spacial score (nSPS) is 22.2. The second-order valence-electron chi connectivity index (χ2n) is 11.7. The Hall–Kier alpha value is -2.32. The first-order valence-corrected chi connectivity index (χ1v) is 13.3. The zero-order chi connectivity index (χ0) is 27.6. The van der Waals surface area contributed by atoms with E-state index in [1.54, 1.807) is 29.8 Å². The number of thioether (sulfide) groups is 1. The summed E-state index contributed by atoms with van der Waals surface area (Å²) >= 11 is 1.74. The van der Waals surface area contributed by atoms with Gasteiger partial charge in [-0.05, 0) is 44.7 Å². The quantitative estimate of drug-likeness (QED) is 0.492. The summed E-state index contributed by atoms with van der Waals surface area (Å²) in [4.78, 5) is 42.6. The Morgan fingerprint density at radius 2 is 1.72 bits per heavy atom. The Labute approximate surface area is 220 Å².